The lowest BCUT2D eigenvalue weighted by Crippen LogP contribution is -2.07. The Labute approximate surface area is 132 Å². The molecular weight excluding hydrogens is 310 g/mol. The molecule has 0 fully saturated rings. The lowest BCUT2D eigenvalue weighted by atomic mass is 10.2. The smallest absolute Gasteiger partial charge is 0.339 e. The molecule has 2 N–H and O–H groups in total. The second kappa shape index (κ2) is 6.41. The van der Waals surface area contributed by atoms with E-state index in [2.05, 4.69) is 5.10 Å². The van der Waals surface area contributed by atoms with Gasteiger partial charge in [-0.2, -0.15) is 5.10 Å². The average molecular weight is 326 g/mol. The number of anilines is 1. The molecule has 0 aliphatic rings. The van der Waals surface area contributed by atoms with E-state index >= 15 is 0 Å². The molecule has 7 heteroatoms. The summed E-state index contributed by atoms with van der Waals surface area (Å²) in [6.07, 6.45) is 0. The molecule has 0 aliphatic heterocycles. The zero-order valence-corrected chi connectivity index (χ0v) is 13.6. The first-order valence-electron chi connectivity index (χ1n) is 6.37. The van der Waals surface area contributed by atoms with Crippen LogP contribution in [0.1, 0.15) is 23.0 Å². The Morgan fingerprint density at radius 3 is 2.76 bits per heavy atom. The van der Waals surface area contributed by atoms with Gasteiger partial charge in [0, 0.05) is 17.6 Å². The van der Waals surface area contributed by atoms with Crippen molar-refractivity contribution in [3.05, 3.63) is 34.5 Å². The molecule has 21 heavy (non-hydrogen) atoms. The summed E-state index contributed by atoms with van der Waals surface area (Å²) in [6, 6.07) is 5.12. The number of nitrogens with zero attached hydrogens (tertiary/aromatic N) is 2. The van der Waals surface area contributed by atoms with Crippen LogP contribution in [0.25, 0.3) is 0 Å². The van der Waals surface area contributed by atoms with Crippen LogP contribution in [0.5, 0.6) is 0 Å². The van der Waals surface area contributed by atoms with Crippen molar-refractivity contribution in [2.75, 3.05) is 12.3 Å². The highest BCUT2D eigenvalue weighted by Crippen LogP contribution is 2.38. The van der Waals surface area contributed by atoms with Crippen LogP contribution in [0.4, 0.5) is 5.69 Å². The van der Waals surface area contributed by atoms with Crippen LogP contribution in [0, 0.1) is 6.92 Å². The predicted octanol–water partition coefficient (Wildman–Crippen LogP) is 3.29. The number of ether oxygens (including phenoxy) is 1. The molecule has 0 spiro atoms. The van der Waals surface area contributed by atoms with E-state index in [1.165, 1.54) is 11.8 Å². The molecule has 0 atom stereocenters. The van der Waals surface area contributed by atoms with E-state index in [4.69, 9.17) is 22.1 Å². The molecule has 0 saturated heterocycles. The zero-order chi connectivity index (χ0) is 15.6. The van der Waals surface area contributed by atoms with Gasteiger partial charge in [-0.3, -0.25) is 4.68 Å². The fraction of sp³-hybridized carbons (Fsp3) is 0.286. The van der Waals surface area contributed by atoms with E-state index < -0.39 is 5.97 Å². The van der Waals surface area contributed by atoms with Crippen molar-refractivity contribution in [2.45, 2.75) is 23.8 Å². The maximum Gasteiger partial charge on any atom is 0.339 e. The van der Waals surface area contributed by atoms with Gasteiger partial charge < -0.3 is 10.5 Å². The van der Waals surface area contributed by atoms with Gasteiger partial charge in [-0.1, -0.05) is 23.4 Å². The van der Waals surface area contributed by atoms with Gasteiger partial charge in [0.05, 0.1) is 27.9 Å². The van der Waals surface area contributed by atoms with Crippen LogP contribution in [0.2, 0.25) is 5.02 Å². The first-order valence-corrected chi connectivity index (χ1v) is 7.56. The SMILES string of the molecule is CCOC(=O)c1cc(N)cc(Cl)c1Sc1cc(C)nn1C. The Hall–Kier alpha value is -1.66. The Kier molecular flexibility index (Phi) is 4.80. The van der Waals surface area contributed by atoms with Crippen LogP contribution >= 0.6 is 23.4 Å². The Morgan fingerprint density at radius 2 is 2.19 bits per heavy atom. The molecule has 1 aromatic carbocycles. The summed E-state index contributed by atoms with van der Waals surface area (Å²) in [5.74, 6) is -0.437. The minimum atomic E-state index is -0.437. The molecule has 0 aliphatic carbocycles. The molecule has 2 aromatic rings. The van der Waals surface area contributed by atoms with E-state index in [-0.39, 0.29) is 0 Å². The Bertz CT molecular complexity index is 685. The zero-order valence-electron chi connectivity index (χ0n) is 12.0. The topological polar surface area (TPSA) is 70.1 Å². The summed E-state index contributed by atoms with van der Waals surface area (Å²) in [4.78, 5) is 12.7. The number of benzene rings is 1. The van der Waals surface area contributed by atoms with Crippen molar-refractivity contribution in [3.63, 3.8) is 0 Å². The number of aromatic nitrogens is 2. The summed E-state index contributed by atoms with van der Waals surface area (Å²) in [5, 5.41) is 5.57. The number of nitrogen functional groups attached to an aromatic ring is 1. The largest absolute Gasteiger partial charge is 0.462 e. The Morgan fingerprint density at radius 1 is 1.48 bits per heavy atom. The van der Waals surface area contributed by atoms with Gasteiger partial charge in [-0.05, 0) is 32.0 Å². The van der Waals surface area contributed by atoms with Crippen molar-refractivity contribution >= 4 is 35.0 Å². The lowest BCUT2D eigenvalue weighted by Gasteiger charge is -2.11. The molecule has 5 nitrogen and oxygen atoms in total. The van der Waals surface area contributed by atoms with Gasteiger partial charge in [-0.25, -0.2) is 4.79 Å². The quantitative estimate of drug-likeness (QED) is 0.690. The first kappa shape index (κ1) is 15.7. The van der Waals surface area contributed by atoms with E-state index in [1.807, 2.05) is 20.0 Å². The number of rotatable bonds is 4. The normalized spacial score (nSPS) is 10.7. The molecule has 0 bridgehead atoms. The van der Waals surface area contributed by atoms with Crippen LogP contribution in [0.3, 0.4) is 0 Å². The van der Waals surface area contributed by atoms with E-state index in [9.17, 15) is 4.79 Å². The number of carbonyl (C=O) groups excluding carboxylic acids is 1. The van der Waals surface area contributed by atoms with Gasteiger partial charge in [0.2, 0.25) is 0 Å². The Balaban J connectivity index is 2.46. The van der Waals surface area contributed by atoms with Gasteiger partial charge in [0.15, 0.2) is 0 Å². The van der Waals surface area contributed by atoms with Crippen molar-refractivity contribution in [1.29, 1.82) is 0 Å². The molecule has 112 valence electrons. The number of hydrogen-bond acceptors (Lipinski definition) is 5. The molecule has 0 radical (unpaired) electrons. The number of esters is 1. The van der Waals surface area contributed by atoms with Crippen LogP contribution in [-0.2, 0) is 11.8 Å². The van der Waals surface area contributed by atoms with Crippen LogP contribution in [0.15, 0.2) is 28.1 Å². The van der Waals surface area contributed by atoms with Crippen molar-refractivity contribution < 1.29 is 9.53 Å². The van der Waals surface area contributed by atoms with Crippen LogP contribution in [-0.4, -0.2) is 22.4 Å². The minimum absolute atomic E-state index is 0.292. The number of carbonyl (C=O) groups is 1. The third-order valence-corrected chi connectivity index (χ3v) is 4.37. The summed E-state index contributed by atoms with van der Waals surface area (Å²) in [6.45, 7) is 3.95. The number of nitrogens with two attached hydrogens (primary N) is 1. The van der Waals surface area contributed by atoms with Crippen molar-refractivity contribution in [3.8, 4) is 0 Å². The molecule has 1 aromatic heterocycles. The highest BCUT2D eigenvalue weighted by atomic mass is 35.5. The minimum Gasteiger partial charge on any atom is -0.462 e. The predicted molar refractivity (Wildman–Crippen MR) is 83.9 cm³/mol. The molecule has 2 rings (SSSR count). The van der Waals surface area contributed by atoms with Gasteiger partial charge in [0.25, 0.3) is 0 Å². The standard InChI is InChI=1S/C14H16ClN3O2S/c1-4-20-14(19)10-6-9(16)7-11(15)13(10)21-12-5-8(2)17-18(12)3/h5-7H,4,16H2,1-3H3. The molecule has 0 amide bonds. The van der Waals surface area contributed by atoms with Crippen molar-refractivity contribution in [2.24, 2.45) is 7.05 Å². The van der Waals surface area contributed by atoms with Crippen molar-refractivity contribution in [1.82, 2.24) is 9.78 Å². The monoisotopic (exact) mass is 325 g/mol. The second-order valence-corrected chi connectivity index (χ2v) is 5.89. The van der Waals surface area contributed by atoms with Gasteiger partial charge in [-0.15, -0.1) is 0 Å². The summed E-state index contributed by atoms with van der Waals surface area (Å²) < 4.78 is 6.80. The summed E-state index contributed by atoms with van der Waals surface area (Å²) in [7, 11) is 1.84. The van der Waals surface area contributed by atoms with Gasteiger partial charge >= 0.3 is 5.97 Å². The summed E-state index contributed by atoms with van der Waals surface area (Å²) in [5.41, 5.74) is 7.45. The number of hydrogen-bond donors (Lipinski definition) is 1. The van der Waals surface area contributed by atoms with Crippen LogP contribution < -0.4 is 5.73 Å². The maximum atomic E-state index is 12.1. The van der Waals surface area contributed by atoms with E-state index in [0.717, 1.165) is 10.7 Å². The third kappa shape index (κ3) is 3.51. The lowest BCUT2D eigenvalue weighted by molar-refractivity contribution is 0.0522. The van der Waals surface area contributed by atoms with E-state index in [0.29, 0.717) is 27.8 Å². The fourth-order valence-corrected chi connectivity index (χ4v) is 3.23. The average Bonchev–Trinajstić information content (AvgIpc) is 2.71. The maximum absolute atomic E-state index is 12.1. The van der Waals surface area contributed by atoms with E-state index in [1.54, 1.807) is 23.7 Å². The first-order chi connectivity index (χ1) is 9.92. The molecule has 0 unspecified atom stereocenters. The number of halogens is 1. The van der Waals surface area contributed by atoms with Gasteiger partial charge in [0.1, 0.15) is 0 Å². The molecule has 0 saturated carbocycles. The fourth-order valence-electron chi connectivity index (χ4n) is 1.87. The summed E-state index contributed by atoms with van der Waals surface area (Å²) >= 11 is 7.61. The third-order valence-electron chi connectivity index (χ3n) is 2.73. The number of aryl methyl sites for hydroxylation is 2. The molecular formula is C14H16ClN3O2S. The highest BCUT2D eigenvalue weighted by Gasteiger charge is 2.19. The second-order valence-electron chi connectivity index (χ2n) is 4.45. The highest BCUT2D eigenvalue weighted by molar-refractivity contribution is 7.99. The molecule has 1 heterocycles.